The predicted octanol–water partition coefficient (Wildman–Crippen LogP) is 4.39. The summed E-state index contributed by atoms with van der Waals surface area (Å²) >= 11 is 1.54. The highest BCUT2D eigenvalue weighted by molar-refractivity contribution is 8.00. The average molecular weight is 384 g/mol. The molecule has 0 radical (unpaired) electrons. The molecule has 4 rings (SSSR count). The van der Waals surface area contributed by atoms with Crippen LogP contribution in [0.4, 0.5) is 0 Å². The van der Waals surface area contributed by atoms with E-state index in [1.54, 1.807) is 0 Å². The Hall–Kier alpha value is -2.14. The van der Waals surface area contributed by atoms with Gasteiger partial charge in [0.15, 0.2) is 11.5 Å². The van der Waals surface area contributed by atoms with Crippen molar-refractivity contribution in [3.05, 3.63) is 54.1 Å². The molecule has 0 unspecified atom stereocenters. The molecule has 27 heavy (non-hydrogen) atoms. The molecule has 1 heterocycles. The number of carbonyl (C=O) groups is 1. The number of fused-ring (bicyclic) bond motifs is 1. The Kier molecular flexibility index (Phi) is 5.87. The van der Waals surface area contributed by atoms with Crippen molar-refractivity contribution >= 4 is 17.7 Å². The summed E-state index contributed by atoms with van der Waals surface area (Å²) in [5.41, 5.74) is 1.43. The van der Waals surface area contributed by atoms with Crippen LogP contribution in [0, 0.1) is 0 Å². The third-order valence-electron chi connectivity index (χ3n) is 5.25. The van der Waals surface area contributed by atoms with Gasteiger partial charge >= 0.3 is 0 Å². The van der Waals surface area contributed by atoms with E-state index < -0.39 is 0 Å². The molecular weight excluding hydrogens is 358 g/mol. The third-order valence-corrected chi connectivity index (χ3v) is 6.24. The number of nitrogens with one attached hydrogen (secondary N) is 1. The fraction of sp³-hybridized carbons (Fsp3) is 0.409. The molecule has 1 saturated carbocycles. The number of hydrogen-bond acceptors (Lipinski definition) is 4. The molecule has 0 saturated heterocycles. The Balaban J connectivity index is 1.22. The van der Waals surface area contributed by atoms with E-state index in [4.69, 9.17) is 9.47 Å². The first-order valence-corrected chi connectivity index (χ1v) is 10.6. The van der Waals surface area contributed by atoms with Crippen molar-refractivity contribution in [3.8, 4) is 11.5 Å². The molecular formula is C22H25NO3S. The molecule has 0 bridgehead atoms. The largest absolute Gasteiger partial charge is 0.486 e. The molecule has 1 aliphatic heterocycles. The standard InChI is InChI=1S/C22H25NO3S/c24-22(15-27-19-10-11-20-21(14-19)26-13-12-25-20)23-18-8-6-17(7-9-18)16-4-2-1-3-5-16/h1-5,10-11,14,17-18H,6-9,12-13,15H2,(H,23,24). The van der Waals surface area contributed by atoms with Crippen molar-refractivity contribution in [2.75, 3.05) is 19.0 Å². The molecule has 1 aliphatic carbocycles. The second-order valence-electron chi connectivity index (χ2n) is 7.12. The minimum Gasteiger partial charge on any atom is -0.486 e. The molecule has 142 valence electrons. The first-order valence-electron chi connectivity index (χ1n) is 9.65. The molecule has 2 aliphatic rings. The van der Waals surface area contributed by atoms with Crippen LogP contribution in [0.15, 0.2) is 53.4 Å². The second kappa shape index (κ2) is 8.70. The lowest BCUT2D eigenvalue weighted by Gasteiger charge is -2.29. The molecule has 1 amide bonds. The molecule has 0 spiro atoms. The first-order chi connectivity index (χ1) is 13.3. The molecule has 1 N–H and O–H groups in total. The summed E-state index contributed by atoms with van der Waals surface area (Å²) in [6, 6.07) is 16.9. The van der Waals surface area contributed by atoms with Crippen LogP contribution in [0.25, 0.3) is 0 Å². The molecule has 2 aromatic rings. The predicted molar refractivity (Wildman–Crippen MR) is 108 cm³/mol. The van der Waals surface area contributed by atoms with E-state index in [0.717, 1.165) is 42.1 Å². The maximum absolute atomic E-state index is 12.3. The Morgan fingerprint density at radius 2 is 1.70 bits per heavy atom. The van der Waals surface area contributed by atoms with Gasteiger partial charge < -0.3 is 14.8 Å². The summed E-state index contributed by atoms with van der Waals surface area (Å²) in [5.74, 6) is 2.72. The Bertz CT molecular complexity index is 772. The molecule has 5 heteroatoms. The molecule has 2 aromatic carbocycles. The van der Waals surface area contributed by atoms with Gasteiger partial charge in [0.1, 0.15) is 13.2 Å². The van der Waals surface area contributed by atoms with Gasteiger partial charge in [0.2, 0.25) is 5.91 Å². The van der Waals surface area contributed by atoms with Gasteiger partial charge in [-0.05, 0) is 55.4 Å². The Labute approximate surface area is 164 Å². The second-order valence-corrected chi connectivity index (χ2v) is 8.17. The lowest BCUT2D eigenvalue weighted by atomic mass is 9.82. The van der Waals surface area contributed by atoms with Crippen molar-refractivity contribution < 1.29 is 14.3 Å². The minimum absolute atomic E-state index is 0.109. The smallest absolute Gasteiger partial charge is 0.230 e. The van der Waals surface area contributed by atoms with Crippen LogP contribution in [-0.4, -0.2) is 30.9 Å². The Morgan fingerprint density at radius 3 is 2.48 bits per heavy atom. The van der Waals surface area contributed by atoms with Crippen molar-refractivity contribution in [2.24, 2.45) is 0 Å². The SMILES string of the molecule is O=C(CSc1ccc2c(c1)OCCO2)NC1CCC(c2ccccc2)CC1. The lowest BCUT2D eigenvalue weighted by molar-refractivity contribution is -0.119. The van der Waals surface area contributed by atoms with Gasteiger partial charge in [0.05, 0.1) is 5.75 Å². The van der Waals surface area contributed by atoms with Crippen LogP contribution >= 0.6 is 11.8 Å². The van der Waals surface area contributed by atoms with Crippen LogP contribution in [0.5, 0.6) is 11.5 Å². The van der Waals surface area contributed by atoms with Gasteiger partial charge in [0, 0.05) is 10.9 Å². The van der Waals surface area contributed by atoms with E-state index in [-0.39, 0.29) is 5.91 Å². The quantitative estimate of drug-likeness (QED) is 0.778. The van der Waals surface area contributed by atoms with Gasteiger partial charge in [-0.3, -0.25) is 4.79 Å². The number of thioether (sulfide) groups is 1. The van der Waals surface area contributed by atoms with Crippen molar-refractivity contribution in [1.29, 1.82) is 0 Å². The number of amides is 1. The number of hydrogen-bond donors (Lipinski definition) is 1. The van der Waals surface area contributed by atoms with E-state index in [0.29, 0.717) is 30.9 Å². The lowest BCUT2D eigenvalue weighted by Crippen LogP contribution is -2.38. The first kappa shape index (κ1) is 18.2. The number of rotatable bonds is 5. The summed E-state index contributed by atoms with van der Waals surface area (Å²) in [4.78, 5) is 13.4. The topological polar surface area (TPSA) is 47.6 Å². The van der Waals surface area contributed by atoms with Crippen molar-refractivity contribution in [2.45, 2.75) is 42.5 Å². The van der Waals surface area contributed by atoms with Crippen LogP contribution in [-0.2, 0) is 4.79 Å². The van der Waals surface area contributed by atoms with E-state index in [1.807, 2.05) is 18.2 Å². The van der Waals surface area contributed by atoms with Crippen LogP contribution in [0.1, 0.15) is 37.2 Å². The summed E-state index contributed by atoms with van der Waals surface area (Å²) < 4.78 is 11.1. The monoisotopic (exact) mass is 383 g/mol. The van der Waals surface area contributed by atoms with Crippen molar-refractivity contribution in [1.82, 2.24) is 5.32 Å². The molecule has 0 aromatic heterocycles. The van der Waals surface area contributed by atoms with Crippen molar-refractivity contribution in [3.63, 3.8) is 0 Å². The molecule has 1 fully saturated rings. The molecule has 4 nitrogen and oxygen atoms in total. The van der Waals surface area contributed by atoms with E-state index in [1.165, 1.54) is 17.3 Å². The summed E-state index contributed by atoms with van der Waals surface area (Å²) in [6.45, 7) is 1.17. The summed E-state index contributed by atoms with van der Waals surface area (Å²) in [6.07, 6.45) is 4.40. The molecule has 0 atom stereocenters. The van der Waals surface area contributed by atoms with E-state index >= 15 is 0 Å². The highest BCUT2D eigenvalue weighted by Crippen LogP contribution is 2.35. The van der Waals surface area contributed by atoms with Crippen LogP contribution in [0.3, 0.4) is 0 Å². The zero-order valence-corrected chi connectivity index (χ0v) is 16.2. The van der Waals surface area contributed by atoms with Crippen LogP contribution < -0.4 is 14.8 Å². The summed E-state index contributed by atoms with van der Waals surface area (Å²) in [7, 11) is 0. The van der Waals surface area contributed by atoms with Crippen LogP contribution in [0.2, 0.25) is 0 Å². The number of carbonyl (C=O) groups excluding carboxylic acids is 1. The zero-order chi connectivity index (χ0) is 18.5. The van der Waals surface area contributed by atoms with Gasteiger partial charge in [-0.15, -0.1) is 11.8 Å². The van der Waals surface area contributed by atoms with Gasteiger partial charge in [-0.2, -0.15) is 0 Å². The van der Waals surface area contributed by atoms with Gasteiger partial charge in [-0.25, -0.2) is 0 Å². The maximum atomic E-state index is 12.3. The fourth-order valence-corrected chi connectivity index (χ4v) is 4.56. The fourth-order valence-electron chi connectivity index (χ4n) is 3.83. The minimum atomic E-state index is 0.109. The van der Waals surface area contributed by atoms with Gasteiger partial charge in [-0.1, -0.05) is 30.3 Å². The number of benzene rings is 2. The third kappa shape index (κ3) is 4.78. The van der Waals surface area contributed by atoms with E-state index in [2.05, 4.69) is 35.6 Å². The summed E-state index contributed by atoms with van der Waals surface area (Å²) in [5, 5.41) is 3.21. The highest BCUT2D eigenvalue weighted by atomic mass is 32.2. The Morgan fingerprint density at radius 1 is 0.963 bits per heavy atom. The number of ether oxygens (including phenoxy) is 2. The maximum Gasteiger partial charge on any atom is 0.230 e. The van der Waals surface area contributed by atoms with Gasteiger partial charge in [0.25, 0.3) is 0 Å². The normalized spacial score (nSPS) is 21.5. The average Bonchev–Trinajstić information content (AvgIpc) is 2.73. The zero-order valence-electron chi connectivity index (χ0n) is 15.4. The highest BCUT2D eigenvalue weighted by Gasteiger charge is 2.23. The van der Waals surface area contributed by atoms with E-state index in [9.17, 15) is 4.79 Å².